The van der Waals surface area contributed by atoms with Crippen LogP contribution in [0.2, 0.25) is 0 Å². The summed E-state index contributed by atoms with van der Waals surface area (Å²) >= 11 is 0. The van der Waals surface area contributed by atoms with Gasteiger partial charge in [0.25, 0.3) is 0 Å². The molecular weight excluding hydrogens is 310 g/mol. The molecule has 1 aliphatic carbocycles. The Kier molecular flexibility index (Phi) is 5.22. The van der Waals surface area contributed by atoms with Gasteiger partial charge in [-0.25, -0.2) is 4.98 Å². The molecule has 4 heteroatoms. The van der Waals surface area contributed by atoms with E-state index in [1.165, 1.54) is 19.3 Å². The molecule has 2 aromatic rings. The van der Waals surface area contributed by atoms with Gasteiger partial charge in [0, 0.05) is 24.8 Å². The van der Waals surface area contributed by atoms with E-state index in [0.29, 0.717) is 29.7 Å². The van der Waals surface area contributed by atoms with Gasteiger partial charge >= 0.3 is 0 Å². The summed E-state index contributed by atoms with van der Waals surface area (Å²) in [4.78, 5) is 17.1. The number of nitrogens with zero attached hydrogens (tertiary/aromatic N) is 3. The summed E-state index contributed by atoms with van der Waals surface area (Å²) in [6.07, 6.45) is 5.90. The van der Waals surface area contributed by atoms with Gasteiger partial charge in [-0.1, -0.05) is 20.8 Å². The van der Waals surface area contributed by atoms with Crippen molar-refractivity contribution in [3.8, 4) is 6.07 Å². The summed E-state index contributed by atoms with van der Waals surface area (Å²) in [6, 6.07) is 8.45. The smallest absolute Gasteiger partial charge is 0.135 e. The number of ketones is 1. The summed E-state index contributed by atoms with van der Waals surface area (Å²) in [5.74, 6) is 1.95. The molecule has 0 aliphatic heterocycles. The molecule has 0 N–H and O–H groups in total. The van der Waals surface area contributed by atoms with E-state index in [9.17, 15) is 10.1 Å². The summed E-state index contributed by atoms with van der Waals surface area (Å²) in [5.41, 5.74) is 2.71. The maximum absolute atomic E-state index is 12.3. The number of imidazole rings is 1. The van der Waals surface area contributed by atoms with Crippen LogP contribution in [0.15, 0.2) is 18.2 Å². The van der Waals surface area contributed by atoms with Crippen molar-refractivity contribution in [2.45, 2.75) is 65.3 Å². The predicted molar refractivity (Wildman–Crippen MR) is 99.3 cm³/mol. The highest BCUT2D eigenvalue weighted by molar-refractivity contribution is 5.81. The van der Waals surface area contributed by atoms with Crippen LogP contribution in [0.5, 0.6) is 0 Å². The first-order valence-electron chi connectivity index (χ1n) is 9.45. The molecule has 1 fully saturated rings. The lowest BCUT2D eigenvalue weighted by Crippen LogP contribution is -2.20. The fourth-order valence-electron chi connectivity index (χ4n) is 3.46. The number of benzene rings is 1. The van der Waals surface area contributed by atoms with Gasteiger partial charge in [-0.2, -0.15) is 5.26 Å². The predicted octanol–water partition coefficient (Wildman–Crippen LogP) is 4.82. The van der Waals surface area contributed by atoms with Gasteiger partial charge in [0.1, 0.15) is 11.6 Å². The zero-order valence-electron chi connectivity index (χ0n) is 15.5. The molecule has 4 nitrogen and oxygen atoms in total. The molecule has 0 bridgehead atoms. The second-order valence-corrected chi connectivity index (χ2v) is 7.65. The second-order valence-electron chi connectivity index (χ2n) is 7.65. The van der Waals surface area contributed by atoms with Crippen LogP contribution >= 0.6 is 0 Å². The minimum atomic E-state index is 0.128. The van der Waals surface area contributed by atoms with Gasteiger partial charge in [-0.15, -0.1) is 0 Å². The third-order valence-electron chi connectivity index (χ3n) is 5.66. The number of hydrogen-bond donors (Lipinski definition) is 0. The number of nitriles is 1. The van der Waals surface area contributed by atoms with E-state index in [-0.39, 0.29) is 5.92 Å². The Bertz CT molecular complexity index is 808. The van der Waals surface area contributed by atoms with Crippen LogP contribution < -0.4 is 0 Å². The maximum atomic E-state index is 12.3. The Hall–Kier alpha value is -2.15. The third kappa shape index (κ3) is 3.61. The van der Waals surface area contributed by atoms with Crippen molar-refractivity contribution in [1.29, 1.82) is 5.26 Å². The van der Waals surface area contributed by atoms with Crippen LogP contribution in [-0.2, 0) is 11.2 Å². The molecule has 1 atom stereocenters. The monoisotopic (exact) mass is 337 g/mol. The van der Waals surface area contributed by atoms with Gasteiger partial charge in [-0.3, -0.25) is 4.79 Å². The minimum absolute atomic E-state index is 0.128. The van der Waals surface area contributed by atoms with Crippen LogP contribution in [0, 0.1) is 23.2 Å². The van der Waals surface area contributed by atoms with E-state index in [1.54, 1.807) is 0 Å². The quantitative estimate of drug-likeness (QED) is 0.728. The third-order valence-corrected chi connectivity index (χ3v) is 5.66. The Morgan fingerprint density at radius 3 is 2.72 bits per heavy atom. The Balaban J connectivity index is 1.79. The van der Waals surface area contributed by atoms with Crippen LogP contribution in [-0.4, -0.2) is 15.3 Å². The van der Waals surface area contributed by atoms with Gasteiger partial charge in [0.15, 0.2) is 0 Å². The summed E-state index contributed by atoms with van der Waals surface area (Å²) in [5, 5.41) is 9.19. The summed E-state index contributed by atoms with van der Waals surface area (Å²) < 4.78 is 2.33. The van der Waals surface area contributed by atoms with Gasteiger partial charge in [-0.05, 0) is 49.8 Å². The topological polar surface area (TPSA) is 58.7 Å². The molecule has 0 amide bonds. The number of carbonyl (C=O) groups excluding carboxylic acids is 1. The summed E-state index contributed by atoms with van der Waals surface area (Å²) in [7, 11) is 0. The first-order chi connectivity index (χ1) is 12.0. The van der Waals surface area contributed by atoms with E-state index in [4.69, 9.17) is 4.98 Å². The normalized spacial score (nSPS) is 16.0. The van der Waals surface area contributed by atoms with Crippen molar-refractivity contribution >= 4 is 16.8 Å². The van der Waals surface area contributed by atoms with Crippen LogP contribution in [0.25, 0.3) is 11.0 Å². The molecule has 3 rings (SSSR count). The first-order valence-corrected chi connectivity index (χ1v) is 9.45. The second kappa shape index (κ2) is 7.39. The number of aromatic nitrogens is 2. The van der Waals surface area contributed by atoms with Crippen LogP contribution in [0.1, 0.15) is 70.3 Å². The van der Waals surface area contributed by atoms with E-state index in [0.717, 1.165) is 29.7 Å². The van der Waals surface area contributed by atoms with Crippen molar-refractivity contribution in [2.75, 3.05) is 0 Å². The molecular formula is C21H27N3O. The Morgan fingerprint density at radius 2 is 2.12 bits per heavy atom. The SMILES string of the molecule is CC(C)[C@@H](C)C(=O)CCCc1nc2ccc(C#N)cc2n1C1CCC1. The zero-order valence-corrected chi connectivity index (χ0v) is 15.5. The fraction of sp³-hybridized carbons (Fsp3) is 0.571. The van der Waals surface area contributed by atoms with E-state index >= 15 is 0 Å². The molecule has 1 aromatic carbocycles. The average Bonchev–Trinajstić information content (AvgIpc) is 2.90. The lowest BCUT2D eigenvalue weighted by molar-refractivity contribution is -0.123. The van der Waals surface area contributed by atoms with Crippen molar-refractivity contribution in [3.05, 3.63) is 29.6 Å². The average molecular weight is 337 g/mol. The van der Waals surface area contributed by atoms with Gasteiger partial charge in [0.2, 0.25) is 0 Å². The Labute approximate surface area is 149 Å². The molecule has 0 spiro atoms. The Morgan fingerprint density at radius 1 is 1.36 bits per heavy atom. The summed E-state index contributed by atoms with van der Waals surface area (Å²) in [6.45, 7) is 6.23. The largest absolute Gasteiger partial charge is 0.325 e. The fourth-order valence-corrected chi connectivity index (χ4v) is 3.46. The first kappa shape index (κ1) is 17.7. The molecule has 1 saturated carbocycles. The number of rotatable bonds is 7. The maximum Gasteiger partial charge on any atom is 0.135 e. The number of carbonyl (C=O) groups is 1. The molecule has 0 saturated heterocycles. The standard InChI is InChI=1S/C21H27N3O/c1-14(2)15(3)20(25)8-5-9-21-23-18-11-10-16(13-22)12-19(18)24(21)17-6-4-7-17/h10-12,14-15,17H,4-9H2,1-3H3/t15-/m1/s1. The molecule has 1 aliphatic rings. The molecule has 0 radical (unpaired) electrons. The highest BCUT2D eigenvalue weighted by atomic mass is 16.1. The number of fused-ring (bicyclic) bond motifs is 1. The molecule has 132 valence electrons. The lowest BCUT2D eigenvalue weighted by atomic mass is 9.90. The van der Waals surface area contributed by atoms with Crippen LogP contribution in [0.3, 0.4) is 0 Å². The van der Waals surface area contributed by atoms with Crippen LogP contribution in [0.4, 0.5) is 0 Å². The van der Waals surface area contributed by atoms with E-state index < -0.39 is 0 Å². The van der Waals surface area contributed by atoms with Crippen molar-refractivity contribution < 1.29 is 4.79 Å². The lowest BCUT2D eigenvalue weighted by Gasteiger charge is -2.29. The highest BCUT2D eigenvalue weighted by Gasteiger charge is 2.25. The number of aryl methyl sites for hydroxylation is 1. The number of hydrogen-bond acceptors (Lipinski definition) is 3. The molecule has 1 heterocycles. The van der Waals surface area contributed by atoms with Gasteiger partial charge in [0.05, 0.1) is 22.7 Å². The zero-order chi connectivity index (χ0) is 18.0. The highest BCUT2D eigenvalue weighted by Crippen LogP contribution is 2.36. The van der Waals surface area contributed by atoms with E-state index in [2.05, 4.69) is 24.5 Å². The minimum Gasteiger partial charge on any atom is -0.325 e. The number of Topliss-reactive ketones (excluding diaryl/α,β-unsaturated/α-hetero) is 1. The van der Waals surface area contributed by atoms with E-state index in [1.807, 2.05) is 25.1 Å². The molecule has 1 aromatic heterocycles. The van der Waals surface area contributed by atoms with Crippen molar-refractivity contribution in [2.24, 2.45) is 11.8 Å². The van der Waals surface area contributed by atoms with Gasteiger partial charge < -0.3 is 4.57 Å². The molecule has 0 unspecified atom stereocenters. The molecule has 25 heavy (non-hydrogen) atoms. The van der Waals surface area contributed by atoms with Crippen molar-refractivity contribution in [3.63, 3.8) is 0 Å². The van der Waals surface area contributed by atoms with Crippen molar-refractivity contribution in [1.82, 2.24) is 9.55 Å².